The minimum Gasteiger partial charge on any atom is -0.497 e. The van der Waals surface area contributed by atoms with Crippen LogP contribution in [0.3, 0.4) is 0 Å². The van der Waals surface area contributed by atoms with Crippen LogP contribution in [-0.2, 0) is 11.2 Å². The van der Waals surface area contributed by atoms with Gasteiger partial charge < -0.3 is 25.9 Å². The summed E-state index contributed by atoms with van der Waals surface area (Å²) in [5.41, 5.74) is 11.4. The van der Waals surface area contributed by atoms with Gasteiger partial charge in [-0.25, -0.2) is 0 Å². The zero-order valence-electron chi connectivity index (χ0n) is 25.1. The Balaban J connectivity index is 1.37. The molecule has 4 N–H and O–H groups in total. The first kappa shape index (κ1) is 31.3. The van der Waals surface area contributed by atoms with E-state index in [1.807, 2.05) is 85.8 Å². The van der Waals surface area contributed by atoms with Gasteiger partial charge in [0, 0.05) is 50.8 Å². The Morgan fingerprint density at radius 2 is 1.73 bits per heavy atom. The van der Waals surface area contributed by atoms with Gasteiger partial charge in [0.2, 0.25) is 0 Å². The van der Waals surface area contributed by atoms with Gasteiger partial charge in [0.15, 0.2) is 0 Å². The van der Waals surface area contributed by atoms with E-state index in [1.54, 1.807) is 13.2 Å². The van der Waals surface area contributed by atoms with Crippen molar-refractivity contribution in [3.8, 4) is 5.75 Å². The van der Waals surface area contributed by atoms with E-state index in [1.165, 1.54) is 23.5 Å². The van der Waals surface area contributed by atoms with Gasteiger partial charge in [0.25, 0.3) is 11.8 Å². The van der Waals surface area contributed by atoms with Crippen molar-refractivity contribution >= 4 is 57.8 Å². The molecule has 9 heteroatoms. The number of pyridine rings is 1. The number of fused-ring (bicyclic) bond motifs is 1. The number of amides is 2. The number of nitrogens with zero attached hydrogens (tertiary/aromatic N) is 1. The van der Waals surface area contributed by atoms with Gasteiger partial charge in [0.05, 0.1) is 23.9 Å². The summed E-state index contributed by atoms with van der Waals surface area (Å²) < 4.78 is 5.36. The van der Waals surface area contributed by atoms with Crippen LogP contribution in [0.15, 0.2) is 101 Å². The van der Waals surface area contributed by atoms with E-state index in [4.69, 9.17) is 10.5 Å². The average molecular weight is 619 g/mol. The maximum atomic E-state index is 13.1. The molecule has 1 aromatic heterocycles. The fourth-order valence-electron chi connectivity index (χ4n) is 5.02. The summed E-state index contributed by atoms with van der Waals surface area (Å²) >= 11 is 1.51. The number of carbonyl (C=O) groups is 3. The number of anilines is 3. The predicted octanol–water partition coefficient (Wildman–Crippen LogP) is 7.71. The van der Waals surface area contributed by atoms with Crippen molar-refractivity contribution < 1.29 is 19.1 Å². The number of ether oxygens (including phenoxy) is 1. The second-order valence-electron chi connectivity index (χ2n) is 10.6. The molecule has 8 nitrogen and oxygen atoms in total. The highest BCUT2D eigenvalue weighted by Crippen LogP contribution is 2.37. The van der Waals surface area contributed by atoms with Gasteiger partial charge >= 0.3 is 0 Å². The van der Waals surface area contributed by atoms with Crippen LogP contribution in [-0.4, -0.2) is 30.2 Å². The summed E-state index contributed by atoms with van der Waals surface area (Å²) in [6.45, 7) is 1.97. The average Bonchev–Trinajstić information content (AvgIpc) is 3.04. The summed E-state index contributed by atoms with van der Waals surface area (Å²) in [4.78, 5) is 42.4. The first-order valence-corrected chi connectivity index (χ1v) is 15.4. The number of rotatable bonds is 13. The van der Waals surface area contributed by atoms with Crippen LogP contribution in [0, 0.1) is 6.92 Å². The van der Waals surface area contributed by atoms with Gasteiger partial charge in [-0.15, -0.1) is 0 Å². The van der Waals surface area contributed by atoms with E-state index in [9.17, 15) is 14.4 Å². The summed E-state index contributed by atoms with van der Waals surface area (Å²) in [6.07, 6.45) is 5.76. The van der Waals surface area contributed by atoms with Gasteiger partial charge in [-0.3, -0.25) is 14.6 Å². The van der Waals surface area contributed by atoms with Gasteiger partial charge in [0.1, 0.15) is 12.0 Å². The Kier molecular flexibility index (Phi) is 10.1. The Labute approximate surface area is 266 Å². The van der Waals surface area contributed by atoms with Crippen LogP contribution in [0.25, 0.3) is 10.9 Å². The zero-order valence-corrected chi connectivity index (χ0v) is 25.9. The van der Waals surface area contributed by atoms with E-state index in [-0.39, 0.29) is 11.5 Å². The lowest BCUT2D eigenvalue weighted by atomic mass is 10.1. The van der Waals surface area contributed by atoms with Crippen LogP contribution in [0.5, 0.6) is 5.75 Å². The summed E-state index contributed by atoms with van der Waals surface area (Å²) in [5.74, 6) is -0.117. The smallest absolute Gasteiger partial charge is 0.255 e. The first-order chi connectivity index (χ1) is 21.8. The number of aryl methyl sites for hydroxylation is 2. The summed E-state index contributed by atoms with van der Waals surface area (Å²) in [7, 11) is 1.60. The molecule has 0 radical (unpaired) electrons. The lowest BCUT2D eigenvalue weighted by Crippen LogP contribution is -2.14. The van der Waals surface area contributed by atoms with Gasteiger partial charge in [-0.1, -0.05) is 36.0 Å². The fourth-order valence-corrected chi connectivity index (χ4v) is 6.04. The number of hydrogen-bond acceptors (Lipinski definition) is 7. The highest BCUT2D eigenvalue weighted by molar-refractivity contribution is 7.99. The molecule has 0 bridgehead atoms. The van der Waals surface area contributed by atoms with E-state index in [0.717, 1.165) is 57.5 Å². The highest BCUT2D eigenvalue weighted by atomic mass is 32.2. The summed E-state index contributed by atoms with van der Waals surface area (Å²) in [6, 6.07) is 26.7. The third-order valence-corrected chi connectivity index (χ3v) is 8.28. The van der Waals surface area contributed by atoms with E-state index in [0.29, 0.717) is 29.1 Å². The summed E-state index contributed by atoms with van der Waals surface area (Å²) in [5, 5.41) is 7.09. The molecule has 5 rings (SSSR count). The number of aldehydes is 1. The Morgan fingerprint density at radius 1 is 0.933 bits per heavy atom. The molecule has 0 aliphatic heterocycles. The van der Waals surface area contributed by atoms with E-state index in [2.05, 4.69) is 15.6 Å². The SMILES string of the molecule is COc1cccc(Nc2c(C(N)=O)cnc3c(C)cc(Sc4cccc(C(=O)Nc5ccc(CCCCC=O)cc5)c4)cc23)c1. The minimum atomic E-state index is -0.589. The zero-order chi connectivity index (χ0) is 31.8. The Morgan fingerprint density at radius 3 is 2.49 bits per heavy atom. The molecule has 0 aliphatic rings. The molecule has 228 valence electrons. The van der Waals surface area contributed by atoms with Crippen molar-refractivity contribution in [2.45, 2.75) is 42.4 Å². The third kappa shape index (κ3) is 7.87. The second kappa shape index (κ2) is 14.5. The number of unbranched alkanes of at least 4 members (excludes halogenated alkanes) is 2. The fraction of sp³-hybridized carbons (Fsp3) is 0.167. The minimum absolute atomic E-state index is 0.203. The number of nitrogens with one attached hydrogen (secondary N) is 2. The molecule has 0 aliphatic carbocycles. The number of carbonyl (C=O) groups excluding carboxylic acids is 3. The predicted molar refractivity (Wildman–Crippen MR) is 180 cm³/mol. The van der Waals surface area contributed by atoms with Crippen LogP contribution >= 0.6 is 11.8 Å². The van der Waals surface area contributed by atoms with Gasteiger partial charge in [-0.05, 0) is 91.9 Å². The molecule has 0 unspecified atom stereocenters. The topological polar surface area (TPSA) is 123 Å². The molecular weight excluding hydrogens is 584 g/mol. The largest absolute Gasteiger partial charge is 0.497 e. The van der Waals surface area contributed by atoms with Crippen molar-refractivity contribution in [1.82, 2.24) is 4.98 Å². The maximum Gasteiger partial charge on any atom is 0.255 e. The number of hydrogen-bond donors (Lipinski definition) is 3. The molecule has 0 saturated heterocycles. The van der Waals surface area contributed by atoms with Crippen LogP contribution < -0.4 is 21.1 Å². The number of methoxy groups -OCH3 is 1. The van der Waals surface area contributed by atoms with Crippen LogP contribution in [0.1, 0.15) is 51.1 Å². The van der Waals surface area contributed by atoms with Crippen molar-refractivity contribution in [1.29, 1.82) is 0 Å². The quantitative estimate of drug-likeness (QED) is 0.0912. The van der Waals surface area contributed by atoms with E-state index < -0.39 is 5.91 Å². The number of benzene rings is 4. The molecular formula is C36H34N4O4S. The second-order valence-corrected chi connectivity index (χ2v) is 11.7. The standard InChI is InChI=1S/C36H34N4O4S/c1-23-18-30(21-31-33(23)38-22-32(35(37)42)34(31)39-27-10-7-11-28(20-27)44-2)45-29-12-6-9-25(19-29)36(43)40-26-15-13-24(14-16-26)8-4-3-5-17-41/h6-7,9-22H,3-5,8H2,1-2H3,(H2,37,42)(H,38,39)(H,40,43). The number of nitrogens with two attached hydrogens (primary N) is 1. The first-order valence-electron chi connectivity index (χ1n) is 14.6. The third-order valence-electron chi connectivity index (χ3n) is 7.32. The normalized spacial score (nSPS) is 10.8. The molecule has 5 aromatic rings. The molecule has 0 saturated carbocycles. The monoisotopic (exact) mass is 618 g/mol. The number of aromatic nitrogens is 1. The van der Waals surface area contributed by atoms with Gasteiger partial charge in [-0.2, -0.15) is 0 Å². The Hall–Kier alpha value is -5.15. The van der Waals surface area contributed by atoms with Crippen molar-refractivity contribution in [2.24, 2.45) is 5.73 Å². The van der Waals surface area contributed by atoms with Crippen molar-refractivity contribution in [3.63, 3.8) is 0 Å². The molecule has 1 heterocycles. The van der Waals surface area contributed by atoms with Crippen molar-refractivity contribution in [2.75, 3.05) is 17.7 Å². The molecule has 45 heavy (non-hydrogen) atoms. The molecule has 0 spiro atoms. The lowest BCUT2D eigenvalue weighted by Gasteiger charge is -2.16. The molecule has 2 amide bonds. The van der Waals surface area contributed by atoms with Crippen LogP contribution in [0.4, 0.5) is 17.1 Å². The highest BCUT2D eigenvalue weighted by Gasteiger charge is 2.17. The maximum absolute atomic E-state index is 13.1. The molecule has 4 aromatic carbocycles. The Bertz CT molecular complexity index is 1860. The van der Waals surface area contributed by atoms with Crippen molar-refractivity contribution in [3.05, 3.63) is 113 Å². The molecule has 0 fully saturated rings. The van der Waals surface area contributed by atoms with E-state index >= 15 is 0 Å². The molecule has 0 atom stereocenters. The van der Waals surface area contributed by atoms with Crippen LogP contribution in [0.2, 0.25) is 0 Å². The number of primary amides is 1. The lowest BCUT2D eigenvalue weighted by molar-refractivity contribution is -0.107.